The number of carbonyl (C=O) groups is 1. The summed E-state index contributed by atoms with van der Waals surface area (Å²) in [5, 5.41) is 13.5. The molecule has 0 atom stereocenters. The van der Waals surface area contributed by atoms with Crippen molar-refractivity contribution in [2.45, 2.75) is 45.8 Å². The molecule has 0 aliphatic heterocycles. The summed E-state index contributed by atoms with van der Waals surface area (Å²) in [5.74, 6) is -0.00274. The summed E-state index contributed by atoms with van der Waals surface area (Å²) in [5.41, 5.74) is 2.30. The van der Waals surface area contributed by atoms with E-state index in [4.69, 9.17) is 4.74 Å². The third-order valence-electron chi connectivity index (χ3n) is 5.72. The molecule has 1 amide bonds. The number of anilines is 1. The molecule has 11 heteroatoms. The highest BCUT2D eigenvalue weighted by molar-refractivity contribution is 6.76. The van der Waals surface area contributed by atoms with Crippen LogP contribution in [0.25, 0.3) is 33.5 Å². The molecule has 8 nitrogen and oxygen atoms in total. The van der Waals surface area contributed by atoms with Gasteiger partial charge in [-0.3, -0.25) is 9.78 Å². The van der Waals surface area contributed by atoms with Gasteiger partial charge < -0.3 is 19.7 Å². The first-order valence-electron chi connectivity index (χ1n) is 11.8. The highest BCUT2D eigenvalue weighted by Gasteiger charge is 2.25. The average molecular weight is 526 g/mol. The van der Waals surface area contributed by atoms with Crippen molar-refractivity contribution in [1.82, 2.24) is 19.5 Å². The van der Waals surface area contributed by atoms with Gasteiger partial charge in [-0.25, -0.2) is 18.7 Å². The number of amides is 1. The van der Waals surface area contributed by atoms with Crippen molar-refractivity contribution in [1.29, 1.82) is 0 Å². The number of ether oxygens (including phenoxy) is 1. The van der Waals surface area contributed by atoms with Crippen molar-refractivity contribution in [3.05, 3.63) is 54.5 Å². The van der Waals surface area contributed by atoms with Crippen molar-refractivity contribution in [2.24, 2.45) is 0 Å². The van der Waals surface area contributed by atoms with Gasteiger partial charge in [-0.05, 0) is 30.3 Å². The van der Waals surface area contributed by atoms with Gasteiger partial charge in [0.25, 0.3) is 6.43 Å². The van der Waals surface area contributed by atoms with Crippen LogP contribution in [0.15, 0.2) is 48.8 Å². The number of nitrogens with one attached hydrogen (secondary N) is 1. The number of hydrogen-bond acceptors (Lipinski definition) is 6. The summed E-state index contributed by atoms with van der Waals surface area (Å²) in [6, 6.07) is 10.2. The van der Waals surface area contributed by atoms with Crippen LogP contribution in [0.3, 0.4) is 0 Å². The second-order valence-electron chi connectivity index (χ2n) is 9.89. The van der Waals surface area contributed by atoms with Crippen LogP contribution in [-0.4, -0.2) is 45.2 Å². The topological polar surface area (TPSA) is 102 Å². The van der Waals surface area contributed by atoms with E-state index in [-0.39, 0.29) is 29.8 Å². The molecule has 0 aliphatic rings. The van der Waals surface area contributed by atoms with Crippen molar-refractivity contribution in [2.75, 3.05) is 11.9 Å². The monoisotopic (exact) mass is 525 g/mol. The quantitative estimate of drug-likeness (QED) is 0.203. The first-order valence-corrected chi connectivity index (χ1v) is 15.5. The molecule has 0 aromatic carbocycles. The first-order chi connectivity index (χ1) is 17.5. The van der Waals surface area contributed by atoms with E-state index in [0.717, 1.165) is 6.04 Å². The van der Waals surface area contributed by atoms with Gasteiger partial charge in [0.05, 0.1) is 17.0 Å². The normalized spacial score (nSPS) is 11.9. The Hall–Kier alpha value is -3.70. The van der Waals surface area contributed by atoms with Gasteiger partial charge in [-0.2, -0.15) is 0 Å². The second kappa shape index (κ2) is 10.7. The molecule has 4 heterocycles. The Morgan fingerprint density at radius 1 is 1.16 bits per heavy atom. The lowest BCUT2D eigenvalue weighted by Crippen LogP contribution is -2.22. The largest absolute Gasteiger partial charge is 0.506 e. The Kier molecular flexibility index (Phi) is 7.65. The fraction of sp³-hybridized carbons (Fsp3) is 0.308. The lowest BCUT2D eigenvalue weighted by Gasteiger charge is -2.17. The minimum atomic E-state index is -2.75. The Balaban J connectivity index is 1.96. The van der Waals surface area contributed by atoms with Crippen molar-refractivity contribution < 1.29 is 23.4 Å². The maximum atomic E-state index is 13.6. The molecule has 4 aromatic rings. The molecule has 37 heavy (non-hydrogen) atoms. The van der Waals surface area contributed by atoms with E-state index in [0.29, 0.717) is 40.3 Å². The Morgan fingerprint density at radius 3 is 2.62 bits per heavy atom. The molecule has 4 aromatic heterocycles. The molecule has 0 bridgehead atoms. The maximum absolute atomic E-state index is 13.6. The van der Waals surface area contributed by atoms with Gasteiger partial charge in [0.2, 0.25) is 5.91 Å². The lowest BCUT2D eigenvalue weighted by atomic mass is 10.0. The van der Waals surface area contributed by atoms with Gasteiger partial charge in [0.1, 0.15) is 35.0 Å². The third-order valence-corrected chi connectivity index (χ3v) is 7.43. The summed E-state index contributed by atoms with van der Waals surface area (Å²) < 4.78 is 34.9. The van der Waals surface area contributed by atoms with Crippen LogP contribution in [0.5, 0.6) is 5.75 Å². The summed E-state index contributed by atoms with van der Waals surface area (Å²) in [4.78, 5) is 24.6. The minimum Gasteiger partial charge on any atom is -0.506 e. The van der Waals surface area contributed by atoms with E-state index in [1.165, 1.54) is 37.5 Å². The number of halogens is 2. The van der Waals surface area contributed by atoms with E-state index in [1.807, 2.05) is 0 Å². The average Bonchev–Trinajstić information content (AvgIpc) is 3.16. The van der Waals surface area contributed by atoms with Gasteiger partial charge >= 0.3 is 0 Å². The van der Waals surface area contributed by atoms with Crippen molar-refractivity contribution >= 4 is 30.8 Å². The van der Waals surface area contributed by atoms with Crippen LogP contribution >= 0.6 is 0 Å². The van der Waals surface area contributed by atoms with Crippen molar-refractivity contribution in [3.63, 3.8) is 0 Å². The van der Waals surface area contributed by atoms with Crippen LogP contribution in [0.2, 0.25) is 25.7 Å². The number of rotatable bonds is 9. The molecule has 0 fully saturated rings. The second-order valence-corrected chi connectivity index (χ2v) is 15.5. The van der Waals surface area contributed by atoms with Gasteiger partial charge in [-0.1, -0.05) is 25.7 Å². The van der Waals surface area contributed by atoms with Gasteiger partial charge in [0, 0.05) is 45.6 Å². The summed E-state index contributed by atoms with van der Waals surface area (Å²) in [7, 11) is -1.35. The number of hydrogen-bond donors (Lipinski definition) is 2. The zero-order valence-electron chi connectivity index (χ0n) is 21.1. The number of aromatic nitrogens is 4. The van der Waals surface area contributed by atoms with E-state index >= 15 is 0 Å². The standard InChI is InChI=1S/C26H29F2N5O3Si/c1-16(34)31-21-14-17(8-10-29-21)24-22(18-6-5-7-19(32-18)26(27)28)23-25(20(35)9-11-30-23)33(24)15-36-12-13-37(2,3)4/h5-11,14,26H,12-13,15H2,1-4H3,(H,30,35)(H,29,31,34). The maximum Gasteiger partial charge on any atom is 0.280 e. The van der Waals surface area contributed by atoms with Gasteiger partial charge in [-0.15, -0.1) is 0 Å². The predicted octanol–water partition coefficient (Wildman–Crippen LogP) is 6.07. The van der Waals surface area contributed by atoms with Crippen LogP contribution in [0.4, 0.5) is 14.6 Å². The van der Waals surface area contributed by atoms with Crippen molar-refractivity contribution in [3.8, 4) is 28.3 Å². The number of fused-ring (bicyclic) bond motifs is 1. The highest BCUT2D eigenvalue weighted by Crippen LogP contribution is 2.42. The number of aromatic hydroxyl groups is 1. The number of alkyl halides is 2. The first kappa shape index (κ1) is 26.4. The van der Waals surface area contributed by atoms with Crippen LogP contribution in [-0.2, 0) is 16.3 Å². The van der Waals surface area contributed by atoms with Gasteiger partial charge in [0.15, 0.2) is 0 Å². The van der Waals surface area contributed by atoms with E-state index < -0.39 is 14.5 Å². The third kappa shape index (κ3) is 6.00. The molecule has 0 saturated carbocycles. The number of pyridine rings is 3. The predicted molar refractivity (Wildman–Crippen MR) is 141 cm³/mol. The number of carbonyl (C=O) groups excluding carboxylic acids is 1. The molecule has 2 N–H and O–H groups in total. The molecule has 194 valence electrons. The van der Waals surface area contributed by atoms with Crippen LogP contribution in [0.1, 0.15) is 19.0 Å². The fourth-order valence-corrected chi connectivity index (χ4v) is 4.75. The smallest absolute Gasteiger partial charge is 0.280 e. The molecule has 0 saturated heterocycles. The molecule has 4 rings (SSSR count). The molecular formula is C26H29F2N5O3Si. The highest BCUT2D eigenvalue weighted by atomic mass is 28.3. The summed E-state index contributed by atoms with van der Waals surface area (Å²) in [6.45, 7) is 8.75. The fourth-order valence-electron chi connectivity index (χ4n) is 4.00. The Morgan fingerprint density at radius 2 is 1.92 bits per heavy atom. The van der Waals surface area contributed by atoms with Crippen LogP contribution < -0.4 is 5.32 Å². The Labute approximate surface area is 214 Å². The molecular weight excluding hydrogens is 496 g/mol. The molecule has 0 unspecified atom stereocenters. The number of nitrogens with zero attached hydrogens (tertiary/aromatic N) is 4. The zero-order valence-corrected chi connectivity index (χ0v) is 22.1. The zero-order chi connectivity index (χ0) is 26.7. The summed E-state index contributed by atoms with van der Waals surface area (Å²) >= 11 is 0. The SMILES string of the molecule is CC(=O)Nc1cc(-c2c(-c3cccc(C(F)F)n3)c3nccc(O)c3n2COCC[Si](C)(C)C)ccn1. The minimum absolute atomic E-state index is 0.0348. The molecule has 0 aliphatic carbocycles. The van der Waals surface area contributed by atoms with Crippen LogP contribution in [0, 0.1) is 0 Å². The summed E-state index contributed by atoms with van der Waals surface area (Å²) in [6.07, 6.45) is 0.234. The Bertz CT molecular complexity index is 1440. The lowest BCUT2D eigenvalue weighted by molar-refractivity contribution is -0.114. The molecule has 0 spiro atoms. The van der Waals surface area contributed by atoms with E-state index in [9.17, 15) is 18.7 Å². The van der Waals surface area contributed by atoms with E-state index in [1.54, 1.807) is 22.8 Å². The van der Waals surface area contributed by atoms with E-state index in [2.05, 4.69) is 39.9 Å². The molecule has 0 radical (unpaired) electrons.